The highest BCUT2D eigenvalue weighted by Crippen LogP contribution is 2.32. The summed E-state index contributed by atoms with van der Waals surface area (Å²) in [5, 5.41) is 0. The van der Waals surface area contributed by atoms with Gasteiger partial charge >= 0.3 is 5.97 Å². The normalized spacial score (nSPS) is 15.7. The summed E-state index contributed by atoms with van der Waals surface area (Å²) in [5.74, 6) is 0.165. The number of methoxy groups -OCH3 is 1. The highest BCUT2D eigenvalue weighted by Gasteiger charge is 2.32. The summed E-state index contributed by atoms with van der Waals surface area (Å²) in [7, 11) is 1.60. The van der Waals surface area contributed by atoms with Crippen molar-refractivity contribution in [1.29, 1.82) is 0 Å². The van der Waals surface area contributed by atoms with Gasteiger partial charge in [-0.1, -0.05) is 48.8 Å². The number of ether oxygens (including phenoxy) is 2. The van der Waals surface area contributed by atoms with E-state index in [2.05, 4.69) is 6.58 Å². The van der Waals surface area contributed by atoms with Crippen LogP contribution in [-0.2, 0) is 14.3 Å². The Hall–Kier alpha value is -2.12. The molecule has 1 aromatic carbocycles. The smallest absolute Gasteiger partial charge is 0.307 e. The van der Waals surface area contributed by atoms with E-state index in [0.29, 0.717) is 9.23 Å². The summed E-state index contributed by atoms with van der Waals surface area (Å²) in [6, 6.07) is 7.36. The van der Waals surface area contributed by atoms with Gasteiger partial charge in [-0.25, -0.2) is 0 Å². The monoisotopic (exact) mass is 363 g/mol. The van der Waals surface area contributed by atoms with Gasteiger partial charge in [-0.3, -0.25) is 14.5 Å². The first-order valence-electron chi connectivity index (χ1n) is 7.21. The third kappa shape index (κ3) is 4.69. The summed E-state index contributed by atoms with van der Waals surface area (Å²) >= 11 is 6.45. The van der Waals surface area contributed by atoms with E-state index in [-0.39, 0.29) is 31.4 Å². The maximum absolute atomic E-state index is 12.4. The lowest BCUT2D eigenvalue weighted by Crippen LogP contribution is -2.30. The molecule has 0 radical (unpaired) electrons. The predicted molar refractivity (Wildman–Crippen MR) is 98.6 cm³/mol. The van der Waals surface area contributed by atoms with Gasteiger partial charge in [0.2, 0.25) is 0 Å². The SMILES string of the molecule is C=CCOC(=O)CCN1C(=O)/C(=C/c2ccc(OC)cc2)SC1=S. The molecule has 126 valence electrons. The van der Waals surface area contributed by atoms with Crippen molar-refractivity contribution in [3.8, 4) is 5.75 Å². The van der Waals surface area contributed by atoms with Gasteiger partial charge in [-0.2, -0.15) is 0 Å². The number of thioether (sulfide) groups is 1. The molecule has 1 heterocycles. The highest BCUT2D eigenvalue weighted by atomic mass is 32.2. The zero-order valence-corrected chi connectivity index (χ0v) is 14.8. The summed E-state index contributed by atoms with van der Waals surface area (Å²) < 4.78 is 10.4. The molecule has 0 aliphatic carbocycles. The maximum atomic E-state index is 12.4. The summed E-state index contributed by atoms with van der Waals surface area (Å²) in [6.45, 7) is 3.84. The standard InChI is InChI=1S/C17H17NO4S2/c1-3-10-22-15(19)8-9-18-16(20)14(24-17(18)23)11-12-4-6-13(21-2)7-5-12/h3-7,11H,1,8-10H2,2H3/b14-11-. The van der Waals surface area contributed by atoms with Crippen molar-refractivity contribution in [2.45, 2.75) is 6.42 Å². The van der Waals surface area contributed by atoms with Gasteiger partial charge in [0.1, 0.15) is 16.7 Å². The van der Waals surface area contributed by atoms with E-state index < -0.39 is 0 Å². The first kappa shape index (κ1) is 18.2. The molecule has 0 unspecified atom stereocenters. The Morgan fingerprint density at radius 1 is 1.38 bits per heavy atom. The van der Waals surface area contributed by atoms with Crippen LogP contribution in [0.5, 0.6) is 5.75 Å². The van der Waals surface area contributed by atoms with Crippen LogP contribution in [0.25, 0.3) is 6.08 Å². The first-order valence-corrected chi connectivity index (χ1v) is 8.43. The number of esters is 1. The number of benzene rings is 1. The van der Waals surface area contributed by atoms with Crippen LogP contribution in [0.4, 0.5) is 0 Å². The minimum atomic E-state index is -0.386. The van der Waals surface area contributed by atoms with Crippen LogP contribution in [0.2, 0.25) is 0 Å². The third-order valence-corrected chi connectivity index (χ3v) is 4.57. The number of carbonyl (C=O) groups excluding carboxylic acids is 2. The van der Waals surface area contributed by atoms with Crippen molar-refractivity contribution >= 4 is 46.3 Å². The Balaban J connectivity index is 2.00. The minimum absolute atomic E-state index is 0.0933. The van der Waals surface area contributed by atoms with Crippen LogP contribution in [0.15, 0.2) is 41.8 Å². The van der Waals surface area contributed by atoms with Crippen LogP contribution in [0, 0.1) is 0 Å². The zero-order chi connectivity index (χ0) is 17.5. The molecular weight excluding hydrogens is 346 g/mol. The Kier molecular flexibility index (Phi) is 6.57. The largest absolute Gasteiger partial charge is 0.497 e. The van der Waals surface area contributed by atoms with Gasteiger partial charge in [0.15, 0.2) is 0 Å². The van der Waals surface area contributed by atoms with E-state index in [1.54, 1.807) is 13.2 Å². The van der Waals surface area contributed by atoms with E-state index >= 15 is 0 Å². The molecule has 1 aliphatic rings. The van der Waals surface area contributed by atoms with Crippen molar-refractivity contribution < 1.29 is 19.1 Å². The predicted octanol–water partition coefficient (Wildman–Crippen LogP) is 3.02. The lowest BCUT2D eigenvalue weighted by Gasteiger charge is -2.13. The number of carbonyl (C=O) groups is 2. The Bertz CT molecular complexity index is 682. The number of hydrogen-bond donors (Lipinski definition) is 0. The Morgan fingerprint density at radius 2 is 2.08 bits per heavy atom. The molecule has 1 amide bonds. The molecule has 5 nitrogen and oxygen atoms in total. The van der Waals surface area contributed by atoms with E-state index in [4.69, 9.17) is 21.7 Å². The van der Waals surface area contributed by atoms with Crippen LogP contribution in [0.3, 0.4) is 0 Å². The van der Waals surface area contributed by atoms with Crippen LogP contribution in [0.1, 0.15) is 12.0 Å². The number of nitrogens with zero attached hydrogens (tertiary/aromatic N) is 1. The van der Waals surface area contributed by atoms with Gasteiger partial charge in [0.05, 0.1) is 18.4 Å². The van der Waals surface area contributed by atoms with Gasteiger partial charge in [-0.15, -0.1) is 0 Å². The minimum Gasteiger partial charge on any atom is -0.497 e. The highest BCUT2D eigenvalue weighted by molar-refractivity contribution is 8.26. The number of hydrogen-bond acceptors (Lipinski definition) is 6. The Morgan fingerprint density at radius 3 is 2.71 bits per heavy atom. The summed E-state index contributed by atoms with van der Waals surface area (Å²) in [6.07, 6.45) is 3.36. The average Bonchev–Trinajstić information content (AvgIpc) is 2.85. The van der Waals surface area contributed by atoms with Crippen LogP contribution >= 0.6 is 24.0 Å². The second kappa shape index (κ2) is 8.65. The molecule has 0 spiro atoms. The van der Waals surface area contributed by atoms with Gasteiger partial charge in [-0.05, 0) is 23.8 Å². The quantitative estimate of drug-likeness (QED) is 0.321. The molecule has 7 heteroatoms. The molecule has 1 fully saturated rings. The van der Waals surface area contributed by atoms with Crippen molar-refractivity contribution in [2.24, 2.45) is 0 Å². The Labute approximate surface area is 150 Å². The lowest BCUT2D eigenvalue weighted by molar-refractivity contribution is -0.142. The molecule has 2 rings (SSSR count). The molecule has 0 atom stereocenters. The number of thiocarbonyl (C=S) groups is 1. The molecule has 0 aromatic heterocycles. The van der Waals surface area contributed by atoms with Crippen molar-refractivity contribution in [3.05, 3.63) is 47.4 Å². The molecule has 24 heavy (non-hydrogen) atoms. The molecule has 0 saturated carbocycles. The molecule has 1 aliphatic heterocycles. The molecule has 1 saturated heterocycles. The van der Waals surface area contributed by atoms with E-state index in [9.17, 15) is 9.59 Å². The van der Waals surface area contributed by atoms with E-state index in [1.807, 2.05) is 24.3 Å². The third-order valence-electron chi connectivity index (χ3n) is 3.19. The molecule has 1 aromatic rings. The summed E-state index contributed by atoms with van der Waals surface area (Å²) in [4.78, 5) is 25.9. The van der Waals surface area contributed by atoms with Gasteiger partial charge < -0.3 is 9.47 Å². The van der Waals surface area contributed by atoms with Crippen LogP contribution < -0.4 is 4.74 Å². The second-order valence-electron chi connectivity index (χ2n) is 4.83. The van der Waals surface area contributed by atoms with Crippen molar-refractivity contribution in [3.63, 3.8) is 0 Å². The average molecular weight is 363 g/mol. The van der Waals surface area contributed by atoms with Crippen LogP contribution in [-0.4, -0.2) is 41.4 Å². The molecule has 0 bridgehead atoms. The lowest BCUT2D eigenvalue weighted by atomic mass is 10.2. The van der Waals surface area contributed by atoms with Crippen molar-refractivity contribution in [1.82, 2.24) is 4.90 Å². The molecular formula is C17H17NO4S2. The van der Waals surface area contributed by atoms with E-state index in [1.165, 1.54) is 22.7 Å². The fraction of sp³-hybridized carbons (Fsp3) is 0.235. The molecule has 0 N–H and O–H groups in total. The number of amides is 1. The summed E-state index contributed by atoms with van der Waals surface area (Å²) in [5.41, 5.74) is 0.877. The fourth-order valence-corrected chi connectivity index (χ4v) is 3.28. The fourth-order valence-electron chi connectivity index (χ4n) is 1.97. The first-order chi connectivity index (χ1) is 11.5. The van der Waals surface area contributed by atoms with Gasteiger partial charge in [0, 0.05) is 6.54 Å². The van der Waals surface area contributed by atoms with Gasteiger partial charge in [0.25, 0.3) is 5.91 Å². The number of rotatable bonds is 7. The zero-order valence-electron chi connectivity index (χ0n) is 13.2. The maximum Gasteiger partial charge on any atom is 0.307 e. The van der Waals surface area contributed by atoms with Crippen molar-refractivity contribution in [2.75, 3.05) is 20.3 Å². The topological polar surface area (TPSA) is 55.8 Å². The van der Waals surface area contributed by atoms with E-state index in [0.717, 1.165) is 11.3 Å². The second-order valence-corrected chi connectivity index (χ2v) is 6.50.